The van der Waals surface area contributed by atoms with Gasteiger partial charge in [-0.1, -0.05) is 23.3 Å². The Kier molecular flexibility index (Phi) is 1.18. The molecule has 0 aliphatic heterocycles. The van der Waals surface area contributed by atoms with Gasteiger partial charge in [0.15, 0.2) is 0 Å². The third-order valence-corrected chi connectivity index (χ3v) is 4.27. The minimum Gasteiger partial charge on any atom is -0.0850 e. The Bertz CT molecular complexity index is 282. The second-order valence-corrected chi connectivity index (χ2v) is 4.79. The lowest BCUT2D eigenvalue weighted by atomic mass is 9.79. The van der Waals surface area contributed by atoms with Gasteiger partial charge >= 0.3 is 0 Å². The predicted octanol–water partition coefficient (Wildman–Crippen LogP) is 3.16. The Labute approximate surface area is 74.4 Å². The summed E-state index contributed by atoms with van der Waals surface area (Å²) >= 11 is 0. The van der Waals surface area contributed by atoms with Crippen LogP contribution in [0.25, 0.3) is 0 Å². The zero-order valence-electron chi connectivity index (χ0n) is 7.88. The van der Waals surface area contributed by atoms with Crippen molar-refractivity contribution in [1.29, 1.82) is 0 Å². The summed E-state index contributed by atoms with van der Waals surface area (Å²) in [6.45, 7) is 4.66. The number of allylic oxidation sites excluding steroid dienone is 4. The standard InChI is InChI=1S/C12H16/c1-7-3-4-10-9-5-8(2)11(6-9)12(7)10/h3,5,9-12H,4,6H2,1-2H3/t9-,10-,11+,12+/m0/s1. The average molecular weight is 160 g/mol. The Morgan fingerprint density at radius 2 is 2.08 bits per heavy atom. The van der Waals surface area contributed by atoms with E-state index in [2.05, 4.69) is 26.0 Å². The van der Waals surface area contributed by atoms with Gasteiger partial charge in [0.05, 0.1) is 0 Å². The lowest BCUT2D eigenvalue weighted by molar-refractivity contribution is 0.376. The van der Waals surface area contributed by atoms with E-state index < -0.39 is 0 Å². The van der Waals surface area contributed by atoms with E-state index in [1.165, 1.54) is 12.8 Å². The van der Waals surface area contributed by atoms with E-state index in [4.69, 9.17) is 0 Å². The minimum atomic E-state index is 0.929. The third-order valence-electron chi connectivity index (χ3n) is 4.27. The molecule has 0 amide bonds. The number of hydrogen-bond acceptors (Lipinski definition) is 0. The van der Waals surface area contributed by atoms with Crippen molar-refractivity contribution in [3.05, 3.63) is 23.3 Å². The number of fused-ring (bicyclic) bond motifs is 5. The first-order valence-electron chi connectivity index (χ1n) is 5.12. The summed E-state index contributed by atoms with van der Waals surface area (Å²) in [7, 11) is 0. The van der Waals surface area contributed by atoms with Gasteiger partial charge in [-0.2, -0.15) is 0 Å². The molecular weight excluding hydrogens is 144 g/mol. The van der Waals surface area contributed by atoms with Crippen molar-refractivity contribution in [3.63, 3.8) is 0 Å². The Morgan fingerprint density at radius 3 is 2.92 bits per heavy atom. The molecule has 0 heterocycles. The van der Waals surface area contributed by atoms with E-state index >= 15 is 0 Å². The van der Waals surface area contributed by atoms with E-state index in [0.29, 0.717) is 0 Å². The quantitative estimate of drug-likeness (QED) is 0.477. The molecule has 12 heavy (non-hydrogen) atoms. The van der Waals surface area contributed by atoms with Gasteiger partial charge in [0.25, 0.3) is 0 Å². The minimum absolute atomic E-state index is 0.929. The fourth-order valence-corrected chi connectivity index (χ4v) is 3.74. The first-order chi connectivity index (χ1) is 5.77. The smallest absolute Gasteiger partial charge is 0.0103 e. The van der Waals surface area contributed by atoms with Crippen LogP contribution >= 0.6 is 0 Å². The number of rotatable bonds is 0. The molecule has 0 heteroatoms. The van der Waals surface area contributed by atoms with E-state index in [9.17, 15) is 0 Å². The Hall–Kier alpha value is -0.520. The lowest BCUT2D eigenvalue weighted by Gasteiger charge is -2.25. The molecule has 0 radical (unpaired) electrons. The van der Waals surface area contributed by atoms with Gasteiger partial charge in [-0.25, -0.2) is 0 Å². The van der Waals surface area contributed by atoms with E-state index in [0.717, 1.165) is 23.7 Å². The summed E-state index contributed by atoms with van der Waals surface area (Å²) in [5.74, 6) is 3.81. The molecule has 4 atom stereocenters. The first kappa shape index (κ1) is 6.94. The summed E-state index contributed by atoms with van der Waals surface area (Å²) in [5, 5.41) is 0. The van der Waals surface area contributed by atoms with Crippen molar-refractivity contribution in [2.24, 2.45) is 23.7 Å². The van der Waals surface area contributed by atoms with E-state index in [-0.39, 0.29) is 0 Å². The molecule has 3 aliphatic rings. The predicted molar refractivity (Wildman–Crippen MR) is 50.7 cm³/mol. The molecule has 0 aromatic rings. The van der Waals surface area contributed by atoms with Gasteiger partial charge in [0.2, 0.25) is 0 Å². The fourth-order valence-electron chi connectivity index (χ4n) is 3.74. The average Bonchev–Trinajstić information content (AvgIpc) is 2.62. The third kappa shape index (κ3) is 0.646. The second kappa shape index (κ2) is 2.04. The molecule has 0 N–H and O–H groups in total. The summed E-state index contributed by atoms with van der Waals surface area (Å²) < 4.78 is 0. The van der Waals surface area contributed by atoms with Gasteiger partial charge < -0.3 is 0 Å². The van der Waals surface area contributed by atoms with Crippen LogP contribution in [0.3, 0.4) is 0 Å². The Morgan fingerprint density at radius 1 is 1.25 bits per heavy atom. The molecule has 0 saturated heterocycles. The molecule has 3 aliphatic carbocycles. The number of hydrogen-bond donors (Lipinski definition) is 0. The maximum absolute atomic E-state index is 2.54. The summed E-state index contributed by atoms with van der Waals surface area (Å²) in [6, 6.07) is 0. The van der Waals surface area contributed by atoms with Crippen LogP contribution in [0.1, 0.15) is 26.7 Å². The molecule has 3 rings (SSSR count). The van der Waals surface area contributed by atoms with Crippen molar-refractivity contribution in [2.45, 2.75) is 26.7 Å². The molecule has 0 aromatic carbocycles. The largest absolute Gasteiger partial charge is 0.0850 e. The maximum atomic E-state index is 2.54. The van der Waals surface area contributed by atoms with Gasteiger partial charge in [0.1, 0.15) is 0 Å². The zero-order chi connectivity index (χ0) is 8.29. The van der Waals surface area contributed by atoms with E-state index in [1.54, 1.807) is 11.1 Å². The molecule has 0 unspecified atom stereocenters. The van der Waals surface area contributed by atoms with Gasteiger partial charge in [-0.15, -0.1) is 0 Å². The molecule has 0 nitrogen and oxygen atoms in total. The molecule has 0 aromatic heterocycles. The summed E-state index contributed by atoms with van der Waals surface area (Å²) in [5.41, 5.74) is 3.36. The zero-order valence-corrected chi connectivity index (χ0v) is 7.88. The van der Waals surface area contributed by atoms with Crippen LogP contribution in [-0.2, 0) is 0 Å². The maximum Gasteiger partial charge on any atom is -0.0103 e. The van der Waals surface area contributed by atoms with Crippen LogP contribution in [0, 0.1) is 23.7 Å². The van der Waals surface area contributed by atoms with Crippen LogP contribution < -0.4 is 0 Å². The van der Waals surface area contributed by atoms with Crippen LogP contribution in [0.2, 0.25) is 0 Å². The fraction of sp³-hybridized carbons (Fsp3) is 0.667. The van der Waals surface area contributed by atoms with Crippen molar-refractivity contribution in [2.75, 3.05) is 0 Å². The van der Waals surface area contributed by atoms with Crippen molar-refractivity contribution in [3.8, 4) is 0 Å². The topological polar surface area (TPSA) is 0 Å². The van der Waals surface area contributed by atoms with Crippen LogP contribution in [-0.4, -0.2) is 0 Å². The van der Waals surface area contributed by atoms with Crippen LogP contribution in [0.5, 0.6) is 0 Å². The normalized spacial score (nSPS) is 49.2. The van der Waals surface area contributed by atoms with Gasteiger partial charge in [0, 0.05) is 0 Å². The lowest BCUT2D eigenvalue weighted by Crippen LogP contribution is -2.17. The molecular formula is C12H16. The molecule has 1 saturated carbocycles. The SMILES string of the molecule is CC1=CC[C@@H]2[C@@H]1[C@@H]1C[C@@H]2C=C1C. The summed E-state index contributed by atoms with van der Waals surface area (Å²) in [4.78, 5) is 0. The van der Waals surface area contributed by atoms with Crippen molar-refractivity contribution in [1.82, 2.24) is 0 Å². The first-order valence-corrected chi connectivity index (χ1v) is 5.12. The van der Waals surface area contributed by atoms with Crippen molar-refractivity contribution < 1.29 is 0 Å². The highest BCUT2D eigenvalue weighted by molar-refractivity contribution is 5.31. The highest BCUT2D eigenvalue weighted by atomic mass is 14.5. The molecule has 64 valence electrons. The molecule has 2 bridgehead atoms. The van der Waals surface area contributed by atoms with Crippen molar-refractivity contribution >= 4 is 0 Å². The molecule has 0 spiro atoms. The van der Waals surface area contributed by atoms with Gasteiger partial charge in [-0.05, 0) is 50.4 Å². The highest BCUT2D eigenvalue weighted by Gasteiger charge is 2.48. The highest BCUT2D eigenvalue weighted by Crippen LogP contribution is 2.57. The van der Waals surface area contributed by atoms with Gasteiger partial charge in [-0.3, -0.25) is 0 Å². The molecule has 1 fully saturated rings. The second-order valence-electron chi connectivity index (χ2n) is 4.79. The van der Waals surface area contributed by atoms with E-state index in [1.807, 2.05) is 0 Å². The summed E-state index contributed by atoms with van der Waals surface area (Å²) in [6.07, 6.45) is 7.84. The Balaban J connectivity index is 2.03. The van der Waals surface area contributed by atoms with Crippen LogP contribution in [0.4, 0.5) is 0 Å². The monoisotopic (exact) mass is 160 g/mol. The van der Waals surface area contributed by atoms with Crippen LogP contribution in [0.15, 0.2) is 23.3 Å².